The fourth-order valence-corrected chi connectivity index (χ4v) is 2.31. The molecule has 0 unspecified atom stereocenters. The molecule has 1 aromatic heterocycles. The van der Waals surface area contributed by atoms with Crippen LogP contribution in [0.15, 0.2) is 36.5 Å². The third kappa shape index (κ3) is 3.66. The fraction of sp³-hybridized carbons (Fsp3) is 0.353. The molecular formula is C17H21NO3. The molecule has 0 aliphatic carbocycles. The van der Waals surface area contributed by atoms with Gasteiger partial charge in [-0.2, -0.15) is 0 Å². The number of benzene rings is 1. The summed E-state index contributed by atoms with van der Waals surface area (Å²) in [7, 11) is 1.39. The van der Waals surface area contributed by atoms with Crippen LogP contribution in [0.25, 0.3) is 11.1 Å². The minimum Gasteiger partial charge on any atom is -0.508 e. The van der Waals surface area contributed by atoms with Crippen LogP contribution in [0.1, 0.15) is 36.7 Å². The standard InChI is InChI=1S/C17H21NO3/c1-3-4-5-10-18-12-14(11-16(18)17(20)21-2)13-6-8-15(19)9-7-13/h6-9,11-12,19H,3-5,10H2,1-2H3. The molecule has 4 heteroatoms. The number of aromatic nitrogens is 1. The van der Waals surface area contributed by atoms with Gasteiger partial charge in [0.25, 0.3) is 0 Å². The van der Waals surface area contributed by atoms with Crippen LogP contribution < -0.4 is 0 Å². The van der Waals surface area contributed by atoms with Gasteiger partial charge in [0, 0.05) is 18.3 Å². The minimum atomic E-state index is -0.323. The molecule has 1 heterocycles. The first-order valence-corrected chi connectivity index (χ1v) is 7.23. The normalized spacial score (nSPS) is 10.6. The second-order valence-electron chi connectivity index (χ2n) is 5.05. The zero-order chi connectivity index (χ0) is 15.2. The van der Waals surface area contributed by atoms with Crippen molar-refractivity contribution in [1.82, 2.24) is 4.57 Å². The number of rotatable bonds is 6. The van der Waals surface area contributed by atoms with E-state index in [9.17, 15) is 9.90 Å². The number of unbranched alkanes of at least 4 members (excludes halogenated alkanes) is 2. The first-order valence-electron chi connectivity index (χ1n) is 7.23. The van der Waals surface area contributed by atoms with E-state index in [-0.39, 0.29) is 11.7 Å². The predicted octanol–water partition coefficient (Wildman–Crippen LogP) is 3.84. The van der Waals surface area contributed by atoms with Crippen molar-refractivity contribution >= 4 is 5.97 Å². The van der Waals surface area contributed by atoms with Crippen LogP contribution in [-0.2, 0) is 11.3 Å². The number of aromatic hydroxyl groups is 1. The van der Waals surface area contributed by atoms with Gasteiger partial charge in [0.2, 0.25) is 0 Å². The number of carbonyl (C=O) groups is 1. The Hall–Kier alpha value is -2.23. The van der Waals surface area contributed by atoms with Gasteiger partial charge in [-0.15, -0.1) is 0 Å². The molecule has 0 spiro atoms. The van der Waals surface area contributed by atoms with Crippen molar-refractivity contribution in [2.45, 2.75) is 32.7 Å². The Bertz CT molecular complexity index is 599. The molecule has 0 atom stereocenters. The largest absolute Gasteiger partial charge is 0.508 e. The highest BCUT2D eigenvalue weighted by Gasteiger charge is 2.14. The third-order valence-corrected chi connectivity index (χ3v) is 3.49. The molecule has 1 N–H and O–H groups in total. The molecule has 0 saturated heterocycles. The Morgan fingerprint density at radius 1 is 1.19 bits per heavy atom. The van der Waals surface area contributed by atoms with Crippen LogP contribution in [0.3, 0.4) is 0 Å². The summed E-state index contributed by atoms with van der Waals surface area (Å²) in [6, 6.07) is 8.79. The number of carbonyl (C=O) groups excluding carboxylic acids is 1. The van der Waals surface area contributed by atoms with Gasteiger partial charge in [0.05, 0.1) is 7.11 Å². The van der Waals surface area contributed by atoms with Gasteiger partial charge in [0.15, 0.2) is 0 Å². The van der Waals surface area contributed by atoms with Crippen LogP contribution >= 0.6 is 0 Å². The Labute approximate surface area is 125 Å². The van der Waals surface area contributed by atoms with E-state index in [0.29, 0.717) is 5.69 Å². The molecule has 0 bridgehead atoms. The summed E-state index contributed by atoms with van der Waals surface area (Å²) in [6.07, 6.45) is 5.27. The van der Waals surface area contributed by atoms with Gasteiger partial charge in [-0.3, -0.25) is 0 Å². The van der Waals surface area contributed by atoms with E-state index < -0.39 is 0 Å². The van der Waals surface area contributed by atoms with Crippen LogP contribution in [-0.4, -0.2) is 22.8 Å². The fourth-order valence-electron chi connectivity index (χ4n) is 2.31. The smallest absolute Gasteiger partial charge is 0.354 e. The molecule has 2 rings (SSSR count). The summed E-state index contributed by atoms with van der Waals surface area (Å²) in [5.74, 6) is -0.0918. The van der Waals surface area contributed by atoms with Crippen molar-refractivity contribution in [2.75, 3.05) is 7.11 Å². The van der Waals surface area contributed by atoms with Gasteiger partial charge in [-0.25, -0.2) is 4.79 Å². The number of esters is 1. The lowest BCUT2D eigenvalue weighted by atomic mass is 10.1. The molecule has 1 aromatic carbocycles. The van der Waals surface area contributed by atoms with Gasteiger partial charge < -0.3 is 14.4 Å². The van der Waals surface area contributed by atoms with Crippen LogP contribution in [0.2, 0.25) is 0 Å². The Morgan fingerprint density at radius 3 is 2.52 bits per heavy atom. The molecule has 0 aliphatic rings. The zero-order valence-corrected chi connectivity index (χ0v) is 12.5. The summed E-state index contributed by atoms with van der Waals surface area (Å²) < 4.78 is 6.80. The number of phenolic OH excluding ortho intramolecular Hbond substituents is 1. The monoisotopic (exact) mass is 287 g/mol. The highest BCUT2D eigenvalue weighted by Crippen LogP contribution is 2.25. The van der Waals surface area contributed by atoms with Crippen LogP contribution in [0, 0.1) is 0 Å². The summed E-state index contributed by atoms with van der Waals surface area (Å²) in [6.45, 7) is 2.95. The number of ether oxygens (including phenoxy) is 1. The molecule has 0 fully saturated rings. The molecule has 2 aromatic rings. The van der Waals surface area contributed by atoms with E-state index in [1.54, 1.807) is 12.1 Å². The quantitative estimate of drug-likeness (QED) is 0.648. The topological polar surface area (TPSA) is 51.5 Å². The van der Waals surface area contributed by atoms with Gasteiger partial charge in [-0.05, 0) is 30.2 Å². The van der Waals surface area contributed by atoms with Crippen molar-refractivity contribution < 1.29 is 14.6 Å². The Morgan fingerprint density at radius 2 is 1.90 bits per heavy atom. The van der Waals surface area contributed by atoms with E-state index in [2.05, 4.69) is 6.92 Å². The van der Waals surface area contributed by atoms with E-state index in [1.807, 2.05) is 29.0 Å². The molecule has 0 aliphatic heterocycles. The maximum absolute atomic E-state index is 11.9. The Kier molecular flexibility index (Phi) is 5.04. The van der Waals surface area contributed by atoms with E-state index in [0.717, 1.165) is 36.9 Å². The lowest BCUT2D eigenvalue weighted by molar-refractivity contribution is 0.0588. The highest BCUT2D eigenvalue weighted by atomic mass is 16.5. The molecule has 0 amide bonds. The number of phenols is 1. The van der Waals surface area contributed by atoms with Crippen molar-refractivity contribution in [2.24, 2.45) is 0 Å². The Balaban J connectivity index is 2.30. The van der Waals surface area contributed by atoms with Gasteiger partial charge in [-0.1, -0.05) is 31.9 Å². The number of hydrogen-bond acceptors (Lipinski definition) is 3. The minimum absolute atomic E-state index is 0.231. The van der Waals surface area contributed by atoms with E-state index >= 15 is 0 Å². The first-order chi connectivity index (χ1) is 10.2. The number of aryl methyl sites for hydroxylation is 1. The maximum Gasteiger partial charge on any atom is 0.354 e. The lowest BCUT2D eigenvalue weighted by Gasteiger charge is -2.06. The molecule has 4 nitrogen and oxygen atoms in total. The van der Waals surface area contributed by atoms with Crippen molar-refractivity contribution in [3.8, 4) is 16.9 Å². The first kappa shape index (κ1) is 15.2. The SMILES string of the molecule is CCCCCn1cc(-c2ccc(O)cc2)cc1C(=O)OC. The van der Waals surface area contributed by atoms with Crippen molar-refractivity contribution in [1.29, 1.82) is 0 Å². The number of nitrogens with zero attached hydrogens (tertiary/aromatic N) is 1. The second kappa shape index (κ2) is 6.97. The summed E-state index contributed by atoms with van der Waals surface area (Å²) >= 11 is 0. The average Bonchev–Trinajstić information content (AvgIpc) is 2.91. The molecular weight excluding hydrogens is 266 g/mol. The van der Waals surface area contributed by atoms with Gasteiger partial charge in [0.1, 0.15) is 11.4 Å². The van der Waals surface area contributed by atoms with E-state index in [4.69, 9.17) is 4.74 Å². The third-order valence-electron chi connectivity index (χ3n) is 3.49. The summed E-state index contributed by atoms with van der Waals surface area (Å²) in [5.41, 5.74) is 2.48. The lowest BCUT2D eigenvalue weighted by Crippen LogP contribution is -2.09. The van der Waals surface area contributed by atoms with Crippen molar-refractivity contribution in [3.63, 3.8) is 0 Å². The second-order valence-corrected chi connectivity index (χ2v) is 5.05. The average molecular weight is 287 g/mol. The number of methoxy groups -OCH3 is 1. The molecule has 21 heavy (non-hydrogen) atoms. The van der Waals surface area contributed by atoms with Crippen molar-refractivity contribution in [3.05, 3.63) is 42.2 Å². The summed E-state index contributed by atoms with van der Waals surface area (Å²) in [4.78, 5) is 11.9. The van der Waals surface area contributed by atoms with Crippen LogP contribution in [0.4, 0.5) is 0 Å². The number of hydrogen-bond donors (Lipinski definition) is 1. The van der Waals surface area contributed by atoms with E-state index in [1.165, 1.54) is 7.11 Å². The highest BCUT2D eigenvalue weighted by molar-refractivity contribution is 5.89. The van der Waals surface area contributed by atoms with Gasteiger partial charge >= 0.3 is 5.97 Å². The molecule has 112 valence electrons. The summed E-state index contributed by atoms with van der Waals surface area (Å²) in [5, 5.41) is 9.35. The molecule has 0 saturated carbocycles. The molecule has 0 radical (unpaired) electrons. The van der Waals surface area contributed by atoms with Crippen LogP contribution in [0.5, 0.6) is 5.75 Å². The zero-order valence-electron chi connectivity index (χ0n) is 12.5. The predicted molar refractivity (Wildman–Crippen MR) is 82.4 cm³/mol. The maximum atomic E-state index is 11.9.